The Labute approximate surface area is 130 Å². The van der Waals surface area contributed by atoms with Crippen molar-refractivity contribution in [3.63, 3.8) is 0 Å². The summed E-state index contributed by atoms with van der Waals surface area (Å²) in [5, 5.41) is 6.99. The summed E-state index contributed by atoms with van der Waals surface area (Å²) in [4.78, 5) is 0. The summed E-state index contributed by atoms with van der Waals surface area (Å²) in [6.45, 7) is 4.29. The van der Waals surface area contributed by atoms with Gasteiger partial charge in [0.1, 0.15) is 17.3 Å². The van der Waals surface area contributed by atoms with Crippen molar-refractivity contribution >= 4 is 5.82 Å². The van der Waals surface area contributed by atoms with E-state index in [0.717, 1.165) is 47.1 Å². The maximum Gasteiger partial charge on any atom is 0.145 e. The van der Waals surface area contributed by atoms with Crippen molar-refractivity contribution in [3.05, 3.63) is 23.8 Å². The number of nitrogens with one attached hydrogen (secondary N) is 1. The molecule has 0 bridgehead atoms. The van der Waals surface area contributed by atoms with E-state index in [1.54, 1.807) is 13.2 Å². The molecule has 2 atom stereocenters. The molecule has 1 saturated carbocycles. The van der Waals surface area contributed by atoms with Crippen molar-refractivity contribution in [2.75, 3.05) is 12.8 Å². The molecule has 5 heteroatoms. The number of nitrogens with two attached hydrogens (primary N) is 1. The first kappa shape index (κ1) is 14.8. The van der Waals surface area contributed by atoms with Crippen molar-refractivity contribution in [1.29, 1.82) is 0 Å². The second kappa shape index (κ2) is 5.91. The van der Waals surface area contributed by atoms with Gasteiger partial charge >= 0.3 is 0 Å². The molecule has 5 nitrogen and oxygen atoms in total. The predicted octanol–water partition coefficient (Wildman–Crippen LogP) is 3.54. The summed E-state index contributed by atoms with van der Waals surface area (Å²) >= 11 is 0. The number of aromatic amines is 1. The fourth-order valence-corrected chi connectivity index (χ4v) is 3.19. The standard InChI is InChI=1S/C17H23N3O2/c1-10-4-6-12(8-10)22-14-7-5-11(2)17(21-3)16(14)13-9-15(18)20-19-13/h5,7,9-10,12H,4,6,8H2,1-3H3,(H3,18,19,20)/t10-,12+/m0/s1. The van der Waals surface area contributed by atoms with Crippen LogP contribution in [0.15, 0.2) is 18.2 Å². The molecule has 1 aliphatic rings. The zero-order valence-electron chi connectivity index (χ0n) is 13.3. The maximum absolute atomic E-state index is 6.27. The highest BCUT2D eigenvalue weighted by molar-refractivity contribution is 5.77. The number of hydrogen-bond acceptors (Lipinski definition) is 4. The normalized spacial score (nSPS) is 21.0. The van der Waals surface area contributed by atoms with Gasteiger partial charge in [-0.15, -0.1) is 0 Å². The van der Waals surface area contributed by atoms with Gasteiger partial charge in [-0.1, -0.05) is 13.0 Å². The summed E-state index contributed by atoms with van der Waals surface area (Å²) in [6, 6.07) is 5.84. The number of benzene rings is 1. The Morgan fingerprint density at radius 3 is 2.73 bits per heavy atom. The van der Waals surface area contributed by atoms with E-state index in [4.69, 9.17) is 15.2 Å². The fraction of sp³-hybridized carbons (Fsp3) is 0.471. The number of anilines is 1. The number of ether oxygens (including phenoxy) is 2. The lowest BCUT2D eigenvalue weighted by atomic mass is 10.0. The van der Waals surface area contributed by atoms with Crippen LogP contribution in [-0.2, 0) is 0 Å². The lowest BCUT2D eigenvalue weighted by Gasteiger charge is -2.19. The summed E-state index contributed by atoms with van der Waals surface area (Å²) in [6.07, 6.45) is 3.68. The molecule has 1 aromatic carbocycles. The number of aromatic nitrogens is 2. The zero-order chi connectivity index (χ0) is 15.7. The Balaban J connectivity index is 2.01. The molecule has 1 heterocycles. The van der Waals surface area contributed by atoms with Gasteiger partial charge in [0.15, 0.2) is 0 Å². The van der Waals surface area contributed by atoms with Gasteiger partial charge in [0.2, 0.25) is 0 Å². The van der Waals surface area contributed by atoms with E-state index in [9.17, 15) is 0 Å². The van der Waals surface area contributed by atoms with Crippen LogP contribution in [0.3, 0.4) is 0 Å². The summed E-state index contributed by atoms with van der Waals surface area (Å²) in [5.74, 6) is 2.81. The Morgan fingerprint density at radius 2 is 2.14 bits per heavy atom. The number of H-pyrrole nitrogens is 1. The second-order valence-corrected chi connectivity index (χ2v) is 6.15. The molecule has 0 unspecified atom stereocenters. The van der Waals surface area contributed by atoms with Crippen LogP contribution in [0.5, 0.6) is 11.5 Å². The van der Waals surface area contributed by atoms with E-state index >= 15 is 0 Å². The third-order valence-corrected chi connectivity index (χ3v) is 4.33. The topological polar surface area (TPSA) is 73.2 Å². The molecule has 0 spiro atoms. The van der Waals surface area contributed by atoms with E-state index in [0.29, 0.717) is 5.82 Å². The summed E-state index contributed by atoms with van der Waals surface area (Å²) < 4.78 is 11.9. The molecule has 3 rings (SSSR count). The molecule has 1 fully saturated rings. The quantitative estimate of drug-likeness (QED) is 0.906. The van der Waals surface area contributed by atoms with E-state index in [1.165, 1.54) is 6.42 Å². The Kier molecular flexibility index (Phi) is 3.96. The number of methoxy groups -OCH3 is 1. The number of rotatable bonds is 4. The first-order chi connectivity index (χ1) is 10.6. The van der Waals surface area contributed by atoms with Crippen molar-refractivity contribution < 1.29 is 9.47 Å². The van der Waals surface area contributed by atoms with Gasteiger partial charge in [0.25, 0.3) is 0 Å². The average Bonchev–Trinajstić information content (AvgIpc) is 3.09. The molecule has 0 saturated heterocycles. The molecule has 2 aromatic rings. The number of hydrogen-bond donors (Lipinski definition) is 2. The van der Waals surface area contributed by atoms with Crippen LogP contribution >= 0.6 is 0 Å². The Morgan fingerprint density at radius 1 is 1.32 bits per heavy atom. The SMILES string of the molecule is COc1c(C)ccc(O[C@@H]2CC[C@H](C)C2)c1-c1cc(N)n[nH]1. The first-order valence-electron chi connectivity index (χ1n) is 7.74. The summed E-state index contributed by atoms with van der Waals surface area (Å²) in [7, 11) is 1.67. The highest BCUT2D eigenvalue weighted by Gasteiger charge is 2.25. The molecule has 3 N–H and O–H groups in total. The molecule has 0 aliphatic heterocycles. The highest BCUT2D eigenvalue weighted by atomic mass is 16.5. The van der Waals surface area contributed by atoms with Gasteiger partial charge in [-0.3, -0.25) is 5.10 Å². The van der Waals surface area contributed by atoms with Crippen LogP contribution in [0.1, 0.15) is 31.7 Å². The van der Waals surface area contributed by atoms with Gasteiger partial charge in [-0.25, -0.2) is 0 Å². The third kappa shape index (κ3) is 2.75. The van der Waals surface area contributed by atoms with Crippen molar-refractivity contribution in [2.45, 2.75) is 39.2 Å². The van der Waals surface area contributed by atoms with Crippen molar-refractivity contribution in [3.8, 4) is 22.8 Å². The van der Waals surface area contributed by atoms with Gasteiger partial charge in [-0.2, -0.15) is 5.10 Å². The smallest absolute Gasteiger partial charge is 0.145 e. The minimum absolute atomic E-state index is 0.265. The van der Waals surface area contributed by atoms with E-state index < -0.39 is 0 Å². The van der Waals surface area contributed by atoms with Crippen LogP contribution in [0.25, 0.3) is 11.3 Å². The minimum Gasteiger partial charge on any atom is -0.496 e. The molecule has 0 radical (unpaired) electrons. The van der Waals surface area contributed by atoms with Crippen molar-refractivity contribution in [2.24, 2.45) is 5.92 Å². The predicted molar refractivity (Wildman–Crippen MR) is 87.2 cm³/mol. The number of nitrogens with zero attached hydrogens (tertiary/aromatic N) is 1. The molecule has 22 heavy (non-hydrogen) atoms. The first-order valence-corrected chi connectivity index (χ1v) is 7.74. The van der Waals surface area contributed by atoms with Gasteiger partial charge in [-0.05, 0) is 43.7 Å². The lowest BCUT2D eigenvalue weighted by Crippen LogP contribution is -2.13. The average molecular weight is 301 g/mol. The van der Waals surface area contributed by atoms with Crippen LogP contribution < -0.4 is 15.2 Å². The Hall–Kier alpha value is -2.17. The molecular weight excluding hydrogens is 278 g/mol. The number of nitrogen functional groups attached to an aromatic ring is 1. The highest BCUT2D eigenvalue weighted by Crippen LogP contribution is 2.42. The van der Waals surface area contributed by atoms with Crippen LogP contribution in [0.2, 0.25) is 0 Å². The van der Waals surface area contributed by atoms with Gasteiger partial charge in [0.05, 0.1) is 24.5 Å². The molecular formula is C17H23N3O2. The molecule has 1 aromatic heterocycles. The fourth-order valence-electron chi connectivity index (χ4n) is 3.19. The minimum atomic E-state index is 0.265. The molecule has 0 amide bonds. The largest absolute Gasteiger partial charge is 0.496 e. The lowest BCUT2D eigenvalue weighted by molar-refractivity contribution is 0.205. The molecule has 1 aliphatic carbocycles. The van der Waals surface area contributed by atoms with Crippen molar-refractivity contribution in [1.82, 2.24) is 10.2 Å². The van der Waals surface area contributed by atoms with E-state index in [2.05, 4.69) is 17.1 Å². The third-order valence-electron chi connectivity index (χ3n) is 4.33. The van der Waals surface area contributed by atoms with Crippen LogP contribution in [0.4, 0.5) is 5.82 Å². The zero-order valence-corrected chi connectivity index (χ0v) is 13.3. The monoisotopic (exact) mass is 301 g/mol. The summed E-state index contributed by atoms with van der Waals surface area (Å²) in [5.41, 5.74) is 8.52. The second-order valence-electron chi connectivity index (χ2n) is 6.15. The maximum atomic E-state index is 6.27. The molecule has 118 valence electrons. The van der Waals surface area contributed by atoms with Crippen LogP contribution in [-0.4, -0.2) is 23.4 Å². The number of aryl methyl sites for hydroxylation is 1. The van der Waals surface area contributed by atoms with Crippen LogP contribution in [0, 0.1) is 12.8 Å². The van der Waals surface area contributed by atoms with Gasteiger partial charge in [0, 0.05) is 6.07 Å². The van der Waals surface area contributed by atoms with E-state index in [-0.39, 0.29) is 6.10 Å². The van der Waals surface area contributed by atoms with E-state index in [1.807, 2.05) is 19.1 Å². The Bertz CT molecular complexity index is 666. The van der Waals surface area contributed by atoms with Gasteiger partial charge < -0.3 is 15.2 Å².